The minimum atomic E-state index is -1.20. The van der Waals surface area contributed by atoms with Gasteiger partial charge in [-0.25, -0.2) is 8.78 Å². The first-order chi connectivity index (χ1) is 13.3. The Morgan fingerprint density at radius 2 is 1.86 bits per heavy atom. The van der Waals surface area contributed by atoms with Crippen molar-refractivity contribution in [3.63, 3.8) is 0 Å². The molecule has 0 aliphatic rings. The molecule has 1 amide bonds. The van der Waals surface area contributed by atoms with E-state index in [-0.39, 0.29) is 13.0 Å². The maximum Gasteiger partial charge on any atom is 0.306 e. The number of esters is 1. The van der Waals surface area contributed by atoms with Gasteiger partial charge in [-0.1, -0.05) is 17.7 Å². The number of amides is 1. The van der Waals surface area contributed by atoms with Gasteiger partial charge in [-0.3, -0.25) is 9.59 Å². The highest BCUT2D eigenvalue weighted by molar-refractivity contribution is 6.31. The number of ether oxygens (including phenoxy) is 2. The van der Waals surface area contributed by atoms with Crippen molar-refractivity contribution >= 4 is 29.2 Å². The molecule has 1 N–H and O–H groups in total. The van der Waals surface area contributed by atoms with E-state index >= 15 is 0 Å². The number of carbonyl (C=O) groups excluding carboxylic acids is 2. The summed E-state index contributed by atoms with van der Waals surface area (Å²) in [7, 11) is 0. The van der Waals surface area contributed by atoms with Gasteiger partial charge in [0.15, 0.2) is 6.10 Å². The third-order valence-corrected chi connectivity index (χ3v) is 4.24. The van der Waals surface area contributed by atoms with Crippen LogP contribution in [0.2, 0.25) is 5.02 Å². The number of hydrogen-bond acceptors (Lipinski definition) is 4. The van der Waals surface area contributed by atoms with Gasteiger partial charge in [0.1, 0.15) is 23.1 Å². The van der Waals surface area contributed by atoms with Crippen LogP contribution in [0.1, 0.15) is 25.3 Å². The second kappa shape index (κ2) is 10.0. The highest BCUT2D eigenvalue weighted by Crippen LogP contribution is 2.21. The molecule has 0 aliphatic heterocycles. The summed E-state index contributed by atoms with van der Waals surface area (Å²) in [6.45, 7) is 3.45. The molecule has 1 unspecified atom stereocenters. The Morgan fingerprint density at radius 3 is 2.50 bits per heavy atom. The van der Waals surface area contributed by atoms with Crippen LogP contribution in [0.15, 0.2) is 36.4 Å². The lowest BCUT2D eigenvalue weighted by Crippen LogP contribution is -2.30. The van der Waals surface area contributed by atoms with Crippen LogP contribution >= 0.6 is 11.6 Å². The SMILES string of the molecule is Cc1cc(OCCCC(=O)OC(C)C(=O)Nc2c(F)cccc2F)ccc1Cl. The average molecular weight is 412 g/mol. The van der Waals surface area contributed by atoms with Crippen molar-refractivity contribution in [2.24, 2.45) is 0 Å². The van der Waals surface area contributed by atoms with E-state index in [0.29, 0.717) is 17.2 Å². The molecule has 0 aromatic heterocycles. The van der Waals surface area contributed by atoms with E-state index in [2.05, 4.69) is 5.32 Å². The van der Waals surface area contributed by atoms with E-state index in [1.165, 1.54) is 13.0 Å². The molecule has 0 fully saturated rings. The van der Waals surface area contributed by atoms with Crippen molar-refractivity contribution in [1.82, 2.24) is 0 Å². The van der Waals surface area contributed by atoms with Crippen LogP contribution < -0.4 is 10.1 Å². The number of benzene rings is 2. The summed E-state index contributed by atoms with van der Waals surface area (Å²) >= 11 is 5.93. The highest BCUT2D eigenvalue weighted by atomic mass is 35.5. The topological polar surface area (TPSA) is 64.6 Å². The van der Waals surface area contributed by atoms with E-state index in [4.69, 9.17) is 21.1 Å². The standard InChI is InChI=1S/C20H20ClF2NO4/c1-12-11-14(8-9-15(12)21)27-10-4-7-18(25)28-13(2)20(26)24-19-16(22)5-3-6-17(19)23/h3,5-6,8-9,11,13H,4,7,10H2,1-2H3,(H,24,26). The molecule has 5 nitrogen and oxygen atoms in total. The van der Waals surface area contributed by atoms with E-state index < -0.39 is 35.3 Å². The summed E-state index contributed by atoms with van der Waals surface area (Å²) in [5, 5.41) is 2.72. The summed E-state index contributed by atoms with van der Waals surface area (Å²) in [6.07, 6.45) is -0.805. The first kappa shape index (κ1) is 21.6. The number of nitrogens with one attached hydrogen (secondary N) is 1. The van der Waals surface area contributed by atoms with Gasteiger partial charge >= 0.3 is 5.97 Å². The molecule has 1 atom stereocenters. The molecule has 2 aromatic carbocycles. The third kappa shape index (κ3) is 6.20. The number of halogens is 3. The first-order valence-corrected chi connectivity index (χ1v) is 8.99. The predicted molar refractivity (Wildman–Crippen MR) is 101 cm³/mol. The van der Waals surface area contributed by atoms with Crippen molar-refractivity contribution in [3.8, 4) is 5.75 Å². The van der Waals surface area contributed by atoms with Crippen molar-refractivity contribution in [2.75, 3.05) is 11.9 Å². The predicted octanol–water partition coefficient (Wildman–Crippen LogP) is 4.66. The summed E-state index contributed by atoms with van der Waals surface area (Å²) in [6, 6.07) is 8.43. The zero-order valence-electron chi connectivity index (χ0n) is 15.4. The first-order valence-electron chi connectivity index (χ1n) is 8.61. The highest BCUT2D eigenvalue weighted by Gasteiger charge is 2.20. The molecule has 0 saturated carbocycles. The molecule has 150 valence electrons. The fourth-order valence-electron chi connectivity index (χ4n) is 2.27. The van der Waals surface area contributed by atoms with Crippen LogP contribution in [0.5, 0.6) is 5.75 Å². The Morgan fingerprint density at radius 1 is 1.18 bits per heavy atom. The van der Waals surface area contributed by atoms with E-state index in [1.807, 2.05) is 6.92 Å². The molecular formula is C20H20ClF2NO4. The minimum absolute atomic E-state index is 0.0260. The molecule has 0 radical (unpaired) electrons. The molecule has 0 aliphatic carbocycles. The number of aryl methyl sites for hydroxylation is 1. The van der Waals surface area contributed by atoms with Crippen LogP contribution in [-0.4, -0.2) is 24.6 Å². The van der Waals surface area contributed by atoms with Crippen LogP contribution in [0.25, 0.3) is 0 Å². The fourth-order valence-corrected chi connectivity index (χ4v) is 2.38. The lowest BCUT2D eigenvalue weighted by Gasteiger charge is -2.14. The van der Waals surface area contributed by atoms with Crippen molar-refractivity contribution < 1.29 is 27.8 Å². The van der Waals surface area contributed by atoms with Crippen LogP contribution in [0.4, 0.5) is 14.5 Å². The number of para-hydroxylation sites is 1. The Labute approximate surface area is 166 Å². The molecule has 2 aromatic rings. The number of carbonyl (C=O) groups is 2. The zero-order chi connectivity index (χ0) is 20.7. The van der Waals surface area contributed by atoms with Crippen molar-refractivity contribution in [2.45, 2.75) is 32.8 Å². The van der Waals surface area contributed by atoms with Crippen molar-refractivity contribution in [1.29, 1.82) is 0 Å². The van der Waals surface area contributed by atoms with E-state index in [9.17, 15) is 18.4 Å². The van der Waals surface area contributed by atoms with E-state index in [0.717, 1.165) is 17.7 Å². The Kier molecular flexibility index (Phi) is 7.75. The Bertz CT molecular complexity index is 840. The average Bonchev–Trinajstić information content (AvgIpc) is 2.64. The molecule has 0 bridgehead atoms. The second-order valence-electron chi connectivity index (χ2n) is 6.08. The lowest BCUT2D eigenvalue weighted by atomic mass is 10.2. The van der Waals surface area contributed by atoms with Gasteiger partial charge in [0.05, 0.1) is 6.61 Å². The van der Waals surface area contributed by atoms with Gasteiger partial charge < -0.3 is 14.8 Å². The molecule has 0 heterocycles. The Hall–Kier alpha value is -2.67. The van der Waals surface area contributed by atoms with Gasteiger partial charge in [0.25, 0.3) is 5.91 Å². The van der Waals surface area contributed by atoms with Gasteiger partial charge in [-0.15, -0.1) is 0 Å². The van der Waals surface area contributed by atoms with Crippen LogP contribution in [0.3, 0.4) is 0 Å². The van der Waals surface area contributed by atoms with E-state index in [1.54, 1.807) is 18.2 Å². The number of rotatable bonds is 8. The number of anilines is 1. The largest absolute Gasteiger partial charge is 0.494 e. The van der Waals surface area contributed by atoms with Crippen LogP contribution in [0, 0.1) is 18.6 Å². The molecule has 28 heavy (non-hydrogen) atoms. The monoisotopic (exact) mass is 411 g/mol. The summed E-state index contributed by atoms with van der Waals surface area (Å²) in [4.78, 5) is 23.8. The quantitative estimate of drug-likeness (QED) is 0.507. The summed E-state index contributed by atoms with van der Waals surface area (Å²) < 4.78 is 37.6. The lowest BCUT2D eigenvalue weighted by molar-refractivity contribution is -0.153. The maximum atomic E-state index is 13.5. The Balaban J connectivity index is 1.74. The van der Waals surface area contributed by atoms with Crippen molar-refractivity contribution in [3.05, 3.63) is 58.6 Å². The van der Waals surface area contributed by atoms with Gasteiger partial charge in [0.2, 0.25) is 0 Å². The normalized spacial score (nSPS) is 11.6. The molecule has 0 saturated heterocycles. The second-order valence-corrected chi connectivity index (χ2v) is 6.49. The molecule has 8 heteroatoms. The minimum Gasteiger partial charge on any atom is -0.494 e. The summed E-state index contributed by atoms with van der Waals surface area (Å²) in [5.41, 5.74) is 0.298. The maximum absolute atomic E-state index is 13.5. The molecular weight excluding hydrogens is 392 g/mol. The van der Waals surface area contributed by atoms with Gasteiger partial charge in [-0.05, 0) is 56.2 Å². The molecule has 2 rings (SSSR count). The smallest absolute Gasteiger partial charge is 0.306 e. The van der Waals surface area contributed by atoms with Gasteiger partial charge in [0, 0.05) is 11.4 Å². The molecule has 0 spiro atoms. The number of hydrogen-bond donors (Lipinski definition) is 1. The van der Waals surface area contributed by atoms with Crippen LogP contribution in [-0.2, 0) is 14.3 Å². The van der Waals surface area contributed by atoms with Gasteiger partial charge in [-0.2, -0.15) is 0 Å². The third-order valence-electron chi connectivity index (χ3n) is 3.81. The fraction of sp³-hybridized carbons (Fsp3) is 0.300. The zero-order valence-corrected chi connectivity index (χ0v) is 16.2. The summed E-state index contributed by atoms with van der Waals surface area (Å²) in [5.74, 6) is -2.64.